The lowest BCUT2D eigenvalue weighted by Gasteiger charge is -2.09. The second-order valence-corrected chi connectivity index (χ2v) is 7.45. The van der Waals surface area contributed by atoms with E-state index in [0.717, 1.165) is 34.8 Å². The van der Waals surface area contributed by atoms with Gasteiger partial charge in [-0.15, -0.1) is 0 Å². The second kappa shape index (κ2) is 5.54. The summed E-state index contributed by atoms with van der Waals surface area (Å²) in [7, 11) is 0. The summed E-state index contributed by atoms with van der Waals surface area (Å²) < 4.78 is 6.16. The van der Waals surface area contributed by atoms with Gasteiger partial charge in [0.25, 0.3) is 0 Å². The third kappa shape index (κ3) is 2.24. The lowest BCUT2D eigenvalue weighted by atomic mass is 10.1. The summed E-state index contributed by atoms with van der Waals surface area (Å²) in [5, 5.41) is 4.78. The van der Waals surface area contributed by atoms with Crippen LogP contribution in [0.15, 0.2) is 43.0 Å². The summed E-state index contributed by atoms with van der Waals surface area (Å²) in [5.74, 6) is 0.708. The van der Waals surface area contributed by atoms with Gasteiger partial charge in [-0.25, -0.2) is 9.97 Å². The number of aromatic nitrogens is 6. The van der Waals surface area contributed by atoms with E-state index in [9.17, 15) is 4.79 Å². The van der Waals surface area contributed by atoms with Crippen molar-refractivity contribution >= 4 is 17.5 Å². The van der Waals surface area contributed by atoms with E-state index in [4.69, 9.17) is 10.1 Å². The molecule has 0 saturated heterocycles. The van der Waals surface area contributed by atoms with Crippen molar-refractivity contribution in [2.45, 2.75) is 32.4 Å². The summed E-state index contributed by atoms with van der Waals surface area (Å²) in [6, 6.07) is 6.60. The SMILES string of the molecule is CC(=O)N1CCn2c1nc(-c1ccn(C3CC3)n1)c2-c1ccc2nccn2c1. The van der Waals surface area contributed by atoms with Crippen molar-refractivity contribution in [3.63, 3.8) is 0 Å². The number of fused-ring (bicyclic) bond motifs is 2. The Balaban J connectivity index is 1.56. The van der Waals surface area contributed by atoms with Crippen LogP contribution in [-0.2, 0) is 11.3 Å². The quantitative estimate of drug-likeness (QED) is 0.553. The molecule has 4 aromatic rings. The van der Waals surface area contributed by atoms with E-state index in [0.29, 0.717) is 18.5 Å². The number of carbonyl (C=O) groups excluding carboxylic acids is 1. The molecule has 4 aromatic heterocycles. The molecule has 2 aliphatic rings. The number of hydrogen-bond acceptors (Lipinski definition) is 4. The largest absolute Gasteiger partial charge is 0.307 e. The lowest BCUT2D eigenvalue weighted by molar-refractivity contribution is -0.116. The fourth-order valence-corrected chi connectivity index (χ4v) is 4.00. The van der Waals surface area contributed by atoms with E-state index in [2.05, 4.69) is 21.8 Å². The molecule has 0 bridgehead atoms. The summed E-state index contributed by atoms with van der Waals surface area (Å²) in [6.45, 7) is 2.96. The van der Waals surface area contributed by atoms with Crippen molar-refractivity contribution in [2.24, 2.45) is 0 Å². The van der Waals surface area contributed by atoms with Crippen LogP contribution in [0.2, 0.25) is 0 Å². The van der Waals surface area contributed by atoms with Crippen molar-refractivity contribution < 1.29 is 4.79 Å². The van der Waals surface area contributed by atoms with Crippen LogP contribution in [0, 0.1) is 0 Å². The first-order chi connectivity index (χ1) is 13.7. The van der Waals surface area contributed by atoms with Crippen molar-refractivity contribution in [1.82, 2.24) is 28.7 Å². The van der Waals surface area contributed by atoms with Crippen molar-refractivity contribution in [3.8, 4) is 22.6 Å². The Morgan fingerprint density at radius 1 is 1.14 bits per heavy atom. The number of carbonyl (C=O) groups is 1. The van der Waals surface area contributed by atoms with Crippen LogP contribution in [0.3, 0.4) is 0 Å². The Hall–Kier alpha value is -3.42. The van der Waals surface area contributed by atoms with Crippen LogP contribution in [0.25, 0.3) is 28.3 Å². The number of pyridine rings is 1. The highest BCUT2D eigenvalue weighted by Gasteiger charge is 2.32. The first-order valence-corrected chi connectivity index (χ1v) is 9.56. The Labute approximate surface area is 161 Å². The number of anilines is 1. The summed E-state index contributed by atoms with van der Waals surface area (Å²) >= 11 is 0. The number of imidazole rings is 2. The highest BCUT2D eigenvalue weighted by atomic mass is 16.2. The summed E-state index contributed by atoms with van der Waals surface area (Å²) in [5.41, 5.74) is 4.59. The fourth-order valence-electron chi connectivity index (χ4n) is 4.00. The van der Waals surface area contributed by atoms with Crippen LogP contribution in [0.5, 0.6) is 0 Å². The highest BCUT2D eigenvalue weighted by molar-refractivity contribution is 5.92. The summed E-state index contributed by atoms with van der Waals surface area (Å²) in [6.07, 6.45) is 10.2. The first kappa shape index (κ1) is 15.6. The van der Waals surface area contributed by atoms with Gasteiger partial charge < -0.3 is 8.97 Å². The van der Waals surface area contributed by atoms with Crippen LogP contribution in [0.4, 0.5) is 5.95 Å². The summed E-state index contributed by atoms with van der Waals surface area (Å²) in [4.78, 5) is 23.0. The molecule has 8 nitrogen and oxygen atoms in total. The minimum absolute atomic E-state index is 0.00965. The zero-order chi connectivity index (χ0) is 18.8. The third-order valence-electron chi connectivity index (χ3n) is 5.55. The Morgan fingerprint density at radius 2 is 2.04 bits per heavy atom. The Bertz CT molecular complexity index is 1230. The molecule has 1 saturated carbocycles. The van der Waals surface area contributed by atoms with Crippen LogP contribution in [0.1, 0.15) is 25.8 Å². The molecule has 0 atom stereocenters. The fraction of sp³-hybridized carbons (Fsp3) is 0.300. The average Bonchev–Trinajstić information content (AvgIpc) is 3.09. The van der Waals surface area contributed by atoms with E-state index in [1.165, 1.54) is 12.8 Å². The first-order valence-electron chi connectivity index (χ1n) is 9.56. The molecule has 0 radical (unpaired) electrons. The van der Waals surface area contributed by atoms with Crippen LogP contribution in [-0.4, -0.2) is 41.2 Å². The molecule has 8 heteroatoms. The minimum Gasteiger partial charge on any atom is -0.307 e. The van der Waals surface area contributed by atoms with Gasteiger partial charge in [0, 0.05) is 50.4 Å². The molecule has 140 valence electrons. The van der Waals surface area contributed by atoms with E-state index in [1.54, 1.807) is 18.0 Å². The predicted molar refractivity (Wildman–Crippen MR) is 104 cm³/mol. The van der Waals surface area contributed by atoms with E-state index in [1.807, 2.05) is 33.6 Å². The van der Waals surface area contributed by atoms with E-state index in [-0.39, 0.29) is 5.91 Å². The molecule has 1 aliphatic heterocycles. The molecular formula is C20H19N7O. The maximum absolute atomic E-state index is 12.1. The molecule has 28 heavy (non-hydrogen) atoms. The molecule has 5 heterocycles. The normalized spacial score (nSPS) is 16.1. The monoisotopic (exact) mass is 373 g/mol. The number of amides is 1. The van der Waals surface area contributed by atoms with Gasteiger partial charge in [-0.2, -0.15) is 5.10 Å². The Morgan fingerprint density at radius 3 is 2.86 bits per heavy atom. The standard InChI is InChI=1S/C20H19N7O/c1-13(28)25-10-11-26-19(14-2-5-17-21-7-9-24(17)12-14)18(22-20(25)26)16-6-8-27(23-16)15-3-4-15/h2,5-9,12,15H,3-4,10-11H2,1H3. The molecule has 0 aromatic carbocycles. The molecule has 0 spiro atoms. The van der Waals surface area contributed by atoms with Gasteiger partial charge in [-0.05, 0) is 31.0 Å². The molecule has 6 rings (SSSR count). The van der Waals surface area contributed by atoms with Gasteiger partial charge in [0.15, 0.2) is 0 Å². The lowest BCUT2D eigenvalue weighted by Crippen LogP contribution is -2.26. The molecule has 1 fully saturated rings. The number of nitrogens with zero attached hydrogens (tertiary/aromatic N) is 7. The van der Waals surface area contributed by atoms with Crippen molar-refractivity contribution in [3.05, 3.63) is 43.0 Å². The van der Waals surface area contributed by atoms with Gasteiger partial charge >= 0.3 is 0 Å². The minimum atomic E-state index is 0.00965. The molecule has 0 N–H and O–H groups in total. The third-order valence-corrected chi connectivity index (χ3v) is 5.55. The van der Waals surface area contributed by atoms with E-state index < -0.39 is 0 Å². The zero-order valence-corrected chi connectivity index (χ0v) is 15.5. The van der Waals surface area contributed by atoms with Gasteiger partial charge in [-0.1, -0.05) is 0 Å². The molecule has 1 aliphatic carbocycles. The Kier molecular flexibility index (Phi) is 3.09. The zero-order valence-electron chi connectivity index (χ0n) is 15.5. The van der Waals surface area contributed by atoms with Gasteiger partial charge in [0.1, 0.15) is 17.0 Å². The van der Waals surface area contributed by atoms with Crippen molar-refractivity contribution in [1.29, 1.82) is 0 Å². The molecule has 1 amide bonds. The average molecular weight is 373 g/mol. The highest BCUT2D eigenvalue weighted by Crippen LogP contribution is 2.39. The topological polar surface area (TPSA) is 73.2 Å². The predicted octanol–water partition coefficient (Wildman–Crippen LogP) is 2.76. The maximum atomic E-state index is 12.1. The van der Waals surface area contributed by atoms with Gasteiger partial charge in [-0.3, -0.25) is 14.4 Å². The van der Waals surface area contributed by atoms with Gasteiger partial charge in [0.05, 0.1) is 11.7 Å². The van der Waals surface area contributed by atoms with E-state index >= 15 is 0 Å². The number of rotatable bonds is 3. The van der Waals surface area contributed by atoms with Crippen molar-refractivity contribution in [2.75, 3.05) is 11.4 Å². The maximum Gasteiger partial charge on any atom is 0.226 e. The molecule has 0 unspecified atom stereocenters. The number of hydrogen-bond donors (Lipinski definition) is 0. The van der Waals surface area contributed by atoms with Gasteiger partial charge in [0.2, 0.25) is 11.9 Å². The smallest absolute Gasteiger partial charge is 0.226 e. The molecular weight excluding hydrogens is 354 g/mol. The van der Waals surface area contributed by atoms with Crippen LogP contribution < -0.4 is 4.90 Å². The van der Waals surface area contributed by atoms with Crippen LogP contribution >= 0.6 is 0 Å². The second-order valence-electron chi connectivity index (χ2n) is 7.45.